The van der Waals surface area contributed by atoms with Gasteiger partial charge in [0.2, 0.25) is 0 Å². The molecule has 2 aromatic rings. The summed E-state index contributed by atoms with van der Waals surface area (Å²) in [5.74, 6) is 0.554. The summed E-state index contributed by atoms with van der Waals surface area (Å²) in [5.41, 5.74) is 0.916. The molecule has 0 aliphatic carbocycles. The number of benzene rings is 2. The molecule has 0 saturated carbocycles. The molecule has 5 nitrogen and oxygen atoms in total. The Hall–Kier alpha value is -2.05. The van der Waals surface area contributed by atoms with Crippen molar-refractivity contribution in [3.05, 3.63) is 47.0 Å². The van der Waals surface area contributed by atoms with Gasteiger partial charge in [-0.1, -0.05) is 31.0 Å². The Morgan fingerprint density at radius 2 is 1.96 bits per heavy atom. The Labute approximate surface area is 167 Å². The number of hydrogen-bond donors (Lipinski definition) is 1. The van der Waals surface area contributed by atoms with Crippen molar-refractivity contribution in [2.45, 2.75) is 31.6 Å². The highest BCUT2D eigenvalue weighted by Crippen LogP contribution is 2.37. The lowest BCUT2D eigenvalue weighted by atomic mass is 10.1. The van der Waals surface area contributed by atoms with E-state index in [0.717, 1.165) is 12.8 Å². The van der Waals surface area contributed by atoms with E-state index in [1.165, 1.54) is 0 Å². The van der Waals surface area contributed by atoms with Crippen LogP contribution >= 0.6 is 11.6 Å². The van der Waals surface area contributed by atoms with Gasteiger partial charge >= 0.3 is 0 Å². The van der Waals surface area contributed by atoms with E-state index in [1.54, 1.807) is 42.7 Å². The molecule has 0 aromatic heterocycles. The molecule has 0 aliphatic rings. The number of anilines is 1. The lowest BCUT2D eigenvalue weighted by Gasteiger charge is -2.15. The first-order valence-corrected chi connectivity index (χ1v) is 10.7. The zero-order chi connectivity index (χ0) is 19.8. The molecule has 0 fully saturated rings. The van der Waals surface area contributed by atoms with Crippen molar-refractivity contribution in [2.75, 3.05) is 24.8 Å². The Morgan fingerprint density at radius 3 is 2.63 bits per heavy atom. The number of halogens is 1. The van der Waals surface area contributed by atoms with Gasteiger partial charge in [0.15, 0.2) is 11.5 Å². The predicted molar refractivity (Wildman–Crippen MR) is 110 cm³/mol. The van der Waals surface area contributed by atoms with Crippen LogP contribution in [0.5, 0.6) is 11.5 Å². The zero-order valence-corrected chi connectivity index (χ0v) is 17.3. The van der Waals surface area contributed by atoms with Crippen LogP contribution in [0.1, 0.15) is 37.0 Å². The van der Waals surface area contributed by atoms with Gasteiger partial charge in [0.05, 0.1) is 18.2 Å². The molecular weight excluding hydrogens is 386 g/mol. The highest BCUT2D eigenvalue weighted by Gasteiger charge is 2.17. The second-order valence-electron chi connectivity index (χ2n) is 5.86. The smallest absolute Gasteiger partial charge is 0.255 e. The quantitative estimate of drug-likeness (QED) is 0.598. The fourth-order valence-corrected chi connectivity index (χ4v) is 3.20. The second-order valence-corrected chi connectivity index (χ2v) is 7.64. The minimum Gasteiger partial charge on any atom is -0.490 e. The molecule has 27 heavy (non-hydrogen) atoms. The fraction of sp³-hybridized carbons (Fsp3) is 0.350. The minimum absolute atomic E-state index is 0.325. The van der Waals surface area contributed by atoms with Crippen LogP contribution in [0.2, 0.25) is 5.02 Å². The summed E-state index contributed by atoms with van der Waals surface area (Å²) in [6, 6.07) is 10.1. The highest BCUT2D eigenvalue weighted by molar-refractivity contribution is 7.84. The molecule has 0 aliphatic heterocycles. The zero-order valence-electron chi connectivity index (χ0n) is 15.7. The largest absolute Gasteiger partial charge is 0.490 e. The third-order valence-electron chi connectivity index (χ3n) is 3.74. The van der Waals surface area contributed by atoms with Gasteiger partial charge in [-0.3, -0.25) is 9.00 Å². The van der Waals surface area contributed by atoms with Crippen LogP contribution in [0.4, 0.5) is 5.69 Å². The van der Waals surface area contributed by atoms with Crippen molar-refractivity contribution in [1.29, 1.82) is 0 Å². The highest BCUT2D eigenvalue weighted by atomic mass is 35.5. The van der Waals surface area contributed by atoms with Crippen LogP contribution in [0, 0.1) is 0 Å². The van der Waals surface area contributed by atoms with E-state index in [4.69, 9.17) is 21.1 Å². The molecule has 0 radical (unpaired) electrons. The van der Waals surface area contributed by atoms with E-state index >= 15 is 0 Å². The number of carbonyl (C=O) groups excluding carboxylic acids is 1. The van der Waals surface area contributed by atoms with Gasteiger partial charge in [-0.25, -0.2) is 0 Å². The third-order valence-corrected chi connectivity index (χ3v) is 4.94. The van der Waals surface area contributed by atoms with E-state index in [0.29, 0.717) is 45.9 Å². The average molecular weight is 410 g/mol. The number of hydrogen-bond acceptors (Lipinski definition) is 4. The molecule has 0 bridgehead atoms. The molecule has 1 N–H and O–H groups in total. The van der Waals surface area contributed by atoms with Crippen molar-refractivity contribution >= 4 is 34.0 Å². The Morgan fingerprint density at radius 1 is 1.19 bits per heavy atom. The molecule has 0 saturated heterocycles. The van der Waals surface area contributed by atoms with Gasteiger partial charge in [0.25, 0.3) is 5.91 Å². The number of amides is 1. The third kappa shape index (κ3) is 5.97. The maximum absolute atomic E-state index is 12.6. The Bertz CT molecular complexity index is 826. The van der Waals surface area contributed by atoms with E-state index in [2.05, 4.69) is 12.2 Å². The molecular formula is C20H24ClNO4S. The SMILES string of the molecule is CCCCOc1c(Cl)cc(C(=O)Nc2cccc(S(C)=O)c2)cc1OCC. The average Bonchev–Trinajstić information content (AvgIpc) is 2.64. The number of ether oxygens (including phenoxy) is 2. The van der Waals surface area contributed by atoms with Crippen molar-refractivity contribution in [2.24, 2.45) is 0 Å². The van der Waals surface area contributed by atoms with Gasteiger partial charge in [0.1, 0.15) is 0 Å². The Kier molecular flexibility index (Phi) is 8.13. The van der Waals surface area contributed by atoms with Crippen LogP contribution in [0.15, 0.2) is 41.3 Å². The topological polar surface area (TPSA) is 64.6 Å². The predicted octanol–water partition coefficient (Wildman–Crippen LogP) is 4.91. The lowest BCUT2D eigenvalue weighted by molar-refractivity contribution is 0.102. The van der Waals surface area contributed by atoms with Gasteiger partial charge in [-0.15, -0.1) is 0 Å². The molecule has 7 heteroatoms. The minimum atomic E-state index is -1.12. The first kappa shape index (κ1) is 21.3. The van der Waals surface area contributed by atoms with Crippen molar-refractivity contribution in [1.82, 2.24) is 0 Å². The summed E-state index contributed by atoms with van der Waals surface area (Å²) in [6.07, 6.45) is 3.50. The van der Waals surface area contributed by atoms with Crippen LogP contribution in [0.3, 0.4) is 0 Å². The van der Waals surface area contributed by atoms with E-state index in [1.807, 2.05) is 6.92 Å². The van der Waals surface area contributed by atoms with Crippen molar-refractivity contribution in [3.63, 3.8) is 0 Å². The summed E-state index contributed by atoms with van der Waals surface area (Å²) in [7, 11) is -1.12. The first-order valence-electron chi connectivity index (χ1n) is 8.80. The molecule has 1 atom stereocenters. The van der Waals surface area contributed by atoms with E-state index < -0.39 is 10.8 Å². The van der Waals surface area contributed by atoms with Crippen LogP contribution in [-0.4, -0.2) is 29.6 Å². The van der Waals surface area contributed by atoms with Crippen molar-refractivity contribution < 1.29 is 18.5 Å². The van der Waals surface area contributed by atoms with Gasteiger partial charge in [-0.05, 0) is 43.7 Å². The fourth-order valence-electron chi connectivity index (χ4n) is 2.38. The van der Waals surface area contributed by atoms with Crippen LogP contribution in [0.25, 0.3) is 0 Å². The summed E-state index contributed by atoms with van der Waals surface area (Å²) >= 11 is 6.34. The first-order chi connectivity index (χ1) is 13.0. The molecule has 146 valence electrons. The van der Waals surface area contributed by atoms with E-state index in [-0.39, 0.29) is 5.91 Å². The summed E-state index contributed by atoms with van der Waals surface area (Å²) in [6.45, 7) is 4.89. The molecule has 0 heterocycles. The Balaban J connectivity index is 2.25. The summed E-state index contributed by atoms with van der Waals surface area (Å²) in [5, 5.41) is 3.12. The van der Waals surface area contributed by atoms with Gasteiger partial charge in [0, 0.05) is 33.2 Å². The molecule has 1 unspecified atom stereocenters. The second kappa shape index (κ2) is 10.3. The van der Waals surface area contributed by atoms with Crippen molar-refractivity contribution in [3.8, 4) is 11.5 Å². The maximum atomic E-state index is 12.6. The number of rotatable bonds is 9. The number of unbranched alkanes of at least 4 members (excludes halogenated alkanes) is 1. The number of carbonyl (C=O) groups is 1. The standard InChI is InChI=1S/C20H24ClNO4S/c1-4-6-10-26-19-17(21)11-14(12-18(19)25-5-2)20(23)22-15-8-7-9-16(13-15)27(3)24/h7-9,11-13H,4-6,10H2,1-3H3,(H,22,23). The monoisotopic (exact) mass is 409 g/mol. The molecule has 0 spiro atoms. The maximum Gasteiger partial charge on any atom is 0.255 e. The van der Waals surface area contributed by atoms with Gasteiger partial charge < -0.3 is 14.8 Å². The summed E-state index contributed by atoms with van der Waals surface area (Å²) < 4.78 is 23.0. The van der Waals surface area contributed by atoms with E-state index in [9.17, 15) is 9.00 Å². The summed E-state index contributed by atoms with van der Waals surface area (Å²) in [4.78, 5) is 13.3. The normalized spacial score (nSPS) is 11.7. The lowest BCUT2D eigenvalue weighted by Crippen LogP contribution is -2.13. The van der Waals surface area contributed by atoms with Crippen LogP contribution in [-0.2, 0) is 10.8 Å². The number of nitrogens with one attached hydrogen (secondary N) is 1. The molecule has 1 amide bonds. The molecule has 2 aromatic carbocycles. The van der Waals surface area contributed by atoms with Crippen LogP contribution < -0.4 is 14.8 Å². The molecule has 2 rings (SSSR count). The van der Waals surface area contributed by atoms with Gasteiger partial charge in [-0.2, -0.15) is 0 Å².